The van der Waals surface area contributed by atoms with Crippen molar-refractivity contribution in [2.24, 2.45) is 0 Å². The standard InChI is InChI=1S/C18H25BrN2O3/c1-16(2,3)23-15(22)21-10-8-18(13(19)11-21)12-7-6-9-20-14(12)17(4,5)24-18/h6-7,9,13H,8,10-11H2,1-5H3/t13-,18+/m0/s1. The first kappa shape index (κ1) is 17.7. The number of piperidine rings is 1. The second kappa shape index (κ2) is 5.70. The zero-order chi connectivity index (χ0) is 17.8. The molecular weight excluding hydrogens is 372 g/mol. The fourth-order valence-corrected chi connectivity index (χ4v) is 4.50. The number of nitrogens with zero attached hydrogens (tertiary/aromatic N) is 2. The van der Waals surface area contributed by atoms with Gasteiger partial charge in [-0.25, -0.2) is 4.79 Å². The van der Waals surface area contributed by atoms with Crippen LogP contribution in [-0.2, 0) is 20.7 Å². The maximum atomic E-state index is 12.4. The number of hydrogen-bond acceptors (Lipinski definition) is 4. The van der Waals surface area contributed by atoms with Crippen molar-refractivity contribution in [1.82, 2.24) is 9.88 Å². The molecule has 1 fully saturated rings. The summed E-state index contributed by atoms with van der Waals surface area (Å²) in [6, 6.07) is 4.04. The first-order valence-corrected chi connectivity index (χ1v) is 9.25. The van der Waals surface area contributed by atoms with Crippen molar-refractivity contribution in [3.63, 3.8) is 0 Å². The number of hydrogen-bond donors (Lipinski definition) is 0. The second-order valence-electron chi connectivity index (χ2n) is 8.05. The summed E-state index contributed by atoms with van der Waals surface area (Å²) in [5, 5.41) is 0. The Kier molecular flexibility index (Phi) is 4.20. The number of amides is 1. The topological polar surface area (TPSA) is 51.7 Å². The number of aromatic nitrogens is 1. The van der Waals surface area contributed by atoms with Gasteiger partial charge in [-0.1, -0.05) is 22.0 Å². The number of carbonyl (C=O) groups is 1. The zero-order valence-corrected chi connectivity index (χ0v) is 16.5. The number of halogens is 1. The SMILES string of the molecule is CC(C)(C)OC(=O)N1CC[C@]2(OC(C)(C)c3ncccc32)[C@@H](Br)C1. The van der Waals surface area contributed by atoms with Gasteiger partial charge in [0.15, 0.2) is 0 Å². The van der Waals surface area contributed by atoms with E-state index in [1.165, 1.54) is 0 Å². The highest BCUT2D eigenvalue weighted by atomic mass is 79.9. The number of rotatable bonds is 0. The lowest BCUT2D eigenvalue weighted by atomic mass is 9.84. The summed E-state index contributed by atoms with van der Waals surface area (Å²) in [6.07, 6.45) is 2.25. The Bertz CT molecular complexity index is 656. The molecule has 132 valence electrons. The highest BCUT2D eigenvalue weighted by Crippen LogP contribution is 2.52. The number of likely N-dealkylation sites (tertiary alicyclic amines) is 1. The van der Waals surface area contributed by atoms with Crippen molar-refractivity contribution in [3.05, 3.63) is 29.6 Å². The van der Waals surface area contributed by atoms with Crippen molar-refractivity contribution in [3.8, 4) is 0 Å². The number of alkyl halides is 1. The summed E-state index contributed by atoms with van der Waals surface area (Å²) < 4.78 is 12.0. The van der Waals surface area contributed by atoms with Crippen LogP contribution < -0.4 is 0 Å². The van der Waals surface area contributed by atoms with E-state index < -0.39 is 16.8 Å². The average molecular weight is 397 g/mol. The number of fused-ring (bicyclic) bond motifs is 2. The third-order valence-electron chi connectivity index (χ3n) is 4.56. The lowest BCUT2D eigenvalue weighted by Gasteiger charge is -2.44. The summed E-state index contributed by atoms with van der Waals surface area (Å²) in [6.45, 7) is 10.9. The molecule has 24 heavy (non-hydrogen) atoms. The van der Waals surface area contributed by atoms with Crippen molar-refractivity contribution in [1.29, 1.82) is 0 Å². The molecule has 2 atom stereocenters. The lowest BCUT2D eigenvalue weighted by molar-refractivity contribution is -0.144. The highest BCUT2D eigenvalue weighted by molar-refractivity contribution is 9.09. The maximum Gasteiger partial charge on any atom is 0.410 e. The van der Waals surface area contributed by atoms with Gasteiger partial charge in [-0.3, -0.25) is 4.98 Å². The fraction of sp³-hybridized carbons (Fsp3) is 0.667. The molecule has 0 unspecified atom stereocenters. The molecule has 6 heteroatoms. The van der Waals surface area contributed by atoms with E-state index in [0.29, 0.717) is 19.5 Å². The molecule has 0 aliphatic carbocycles. The van der Waals surface area contributed by atoms with Crippen molar-refractivity contribution < 1.29 is 14.3 Å². The Labute approximate surface area is 151 Å². The molecular formula is C18H25BrN2O3. The first-order chi connectivity index (χ1) is 11.1. The summed E-state index contributed by atoms with van der Waals surface area (Å²) in [5.74, 6) is 0. The van der Waals surface area contributed by atoms with E-state index in [1.54, 1.807) is 4.90 Å². The molecule has 1 aromatic rings. The molecule has 0 saturated carbocycles. The van der Waals surface area contributed by atoms with Crippen LogP contribution in [0.3, 0.4) is 0 Å². The van der Waals surface area contributed by atoms with Gasteiger partial charge in [-0.15, -0.1) is 0 Å². The summed E-state index contributed by atoms with van der Waals surface area (Å²) in [4.78, 5) is 18.6. The third-order valence-corrected chi connectivity index (χ3v) is 5.59. The van der Waals surface area contributed by atoms with E-state index in [0.717, 1.165) is 11.3 Å². The number of pyridine rings is 1. The minimum Gasteiger partial charge on any atom is -0.444 e. The molecule has 0 bridgehead atoms. The van der Waals surface area contributed by atoms with E-state index in [4.69, 9.17) is 9.47 Å². The van der Waals surface area contributed by atoms with Crippen LogP contribution in [-0.4, -0.2) is 39.5 Å². The molecule has 5 nitrogen and oxygen atoms in total. The van der Waals surface area contributed by atoms with Crippen LogP contribution in [0.25, 0.3) is 0 Å². The van der Waals surface area contributed by atoms with Crippen LogP contribution in [0.2, 0.25) is 0 Å². The minimum atomic E-state index is -0.490. The van der Waals surface area contributed by atoms with E-state index in [9.17, 15) is 4.79 Å². The number of carbonyl (C=O) groups excluding carboxylic acids is 1. The van der Waals surface area contributed by atoms with Gasteiger partial charge in [0.25, 0.3) is 0 Å². The summed E-state index contributed by atoms with van der Waals surface area (Å²) in [5.41, 5.74) is 0.736. The maximum absolute atomic E-state index is 12.4. The monoisotopic (exact) mass is 396 g/mol. The van der Waals surface area contributed by atoms with Gasteiger partial charge >= 0.3 is 6.09 Å². The first-order valence-electron chi connectivity index (χ1n) is 8.33. The molecule has 1 aromatic heterocycles. The van der Waals surface area contributed by atoms with Crippen molar-refractivity contribution in [2.75, 3.05) is 13.1 Å². The molecule has 1 saturated heterocycles. The second-order valence-corrected chi connectivity index (χ2v) is 9.15. The Hall–Kier alpha value is -1.14. The lowest BCUT2D eigenvalue weighted by Crippen LogP contribution is -2.54. The van der Waals surface area contributed by atoms with Gasteiger partial charge in [-0.05, 0) is 47.1 Å². The molecule has 0 aromatic carbocycles. The van der Waals surface area contributed by atoms with E-state index in [2.05, 4.69) is 27.0 Å². The fourth-order valence-electron chi connectivity index (χ4n) is 3.59. The molecule has 0 radical (unpaired) electrons. The van der Waals surface area contributed by atoms with Gasteiger partial charge in [0.1, 0.15) is 16.8 Å². The smallest absolute Gasteiger partial charge is 0.410 e. The van der Waals surface area contributed by atoms with Gasteiger partial charge < -0.3 is 14.4 Å². The molecule has 0 N–H and O–H groups in total. The van der Waals surface area contributed by atoms with Crippen molar-refractivity contribution >= 4 is 22.0 Å². The van der Waals surface area contributed by atoms with Crippen LogP contribution in [0.4, 0.5) is 4.79 Å². The van der Waals surface area contributed by atoms with E-state index in [1.807, 2.05) is 46.9 Å². The van der Waals surface area contributed by atoms with Crippen LogP contribution >= 0.6 is 15.9 Å². The van der Waals surface area contributed by atoms with Crippen molar-refractivity contribution in [2.45, 2.75) is 62.7 Å². The predicted octanol–water partition coefficient (Wildman–Crippen LogP) is 3.95. The minimum absolute atomic E-state index is 0.0176. The van der Waals surface area contributed by atoms with E-state index in [-0.39, 0.29) is 10.9 Å². The Morgan fingerprint density at radius 1 is 1.46 bits per heavy atom. The predicted molar refractivity (Wildman–Crippen MR) is 95.2 cm³/mol. The average Bonchev–Trinajstić information content (AvgIpc) is 2.70. The van der Waals surface area contributed by atoms with Gasteiger partial charge in [0.05, 0.1) is 10.5 Å². The zero-order valence-electron chi connectivity index (χ0n) is 14.9. The third kappa shape index (κ3) is 2.94. The Morgan fingerprint density at radius 2 is 2.17 bits per heavy atom. The quantitative estimate of drug-likeness (QED) is 0.623. The molecule has 3 rings (SSSR count). The molecule has 2 aliphatic heterocycles. The molecule has 2 aliphatic rings. The van der Waals surface area contributed by atoms with Crippen LogP contribution in [0.5, 0.6) is 0 Å². The van der Waals surface area contributed by atoms with Gasteiger partial charge in [-0.2, -0.15) is 0 Å². The molecule has 1 amide bonds. The van der Waals surface area contributed by atoms with Gasteiger partial charge in [0, 0.05) is 24.8 Å². The Balaban J connectivity index is 1.83. The summed E-state index contributed by atoms with van der Waals surface area (Å²) in [7, 11) is 0. The largest absolute Gasteiger partial charge is 0.444 e. The Morgan fingerprint density at radius 3 is 2.79 bits per heavy atom. The van der Waals surface area contributed by atoms with Crippen LogP contribution in [0, 0.1) is 0 Å². The van der Waals surface area contributed by atoms with Gasteiger partial charge in [0.2, 0.25) is 0 Å². The van der Waals surface area contributed by atoms with E-state index >= 15 is 0 Å². The molecule has 1 spiro atoms. The van der Waals surface area contributed by atoms with Crippen LogP contribution in [0.15, 0.2) is 18.3 Å². The number of ether oxygens (including phenoxy) is 2. The summed E-state index contributed by atoms with van der Waals surface area (Å²) >= 11 is 3.78. The highest BCUT2D eigenvalue weighted by Gasteiger charge is 2.55. The van der Waals surface area contributed by atoms with Crippen LogP contribution in [0.1, 0.15) is 52.3 Å². The normalized spacial score (nSPS) is 28.8. The molecule has 3 heterocycles.